The largest absolute Gasteiger partial charge is 0.481 e. The maximum Gasteiger partial charge on any atom is 0.481 e. The van der Waals surface area contributed by atoms with Crippen LogP contribution in [0.2, 0.25) is 0 Å². The molecule has 0 spiro atoms. The molecule has 0 saturated carbocycles. The predicted octanol–water partition coefficient (Wildman–Crippen LogP) is 2.09. The molecule has 2 amide bonds. The third kappa shape index (κ3) is 12.8. The minimum Gasteiger partial charge on any atom is -0.457 e. The second-order valence-electron chi connectivity index (χ2n) is 15.2. The van der Waals surface area contributed by atoms with Crippen LogP contribution in [0.1, 0.15) is 43.5 Å². The van der Waals surface area contributed by atoms with E-state index in [0.717, 1.165) is 51.2 Å². The third-order valence-electron chi connectivity index (χ3n) is 10.1. The van der Waals surface area contributed by atoms with Gasteiger partial charge in [0, 0.05) is 36.6 Å². The number of phosphoric acid groups is 3. The predicted molar refractivity (Wildman–Crippen MR) is 227 cm³/mol. The Morgan fingerprint density at radius 3 is 2.23 bits per heavy atom. The Hall–Kier alpha value is -4.20. The van der Waals surface area contributed by atoms with Gasteiger partial charge in [-0.25, -0.2) is 33.4 Å². The fourth-order valence-corrected chi connectivity index (χ4v) is 10.2. The molecule has 29 heteroatoms. The molecule has 2 aromatic heterocycles. The first-order chi connectivity index (χ1) is 30.6. The van der Waals surface area contributed by atoms with Crippen LogP contribution in [0.5, 0.6) is 0 Å². The lowest BCUT2D eigenvalue weighted by atomic mass is 9.87. The number of amides is 2. The summed E-state index contributed by atoms with van der Waals surface area (Å²) in [6.45, 7) is 0.498. The van der Waals surface area contributed by atoms with Crippen molar-refractivity contribution < 1.29 is 85.2 Å². The fraction of sp³-hybridized carbons (Fsp3) is 0.444. The number of carbonyl (C=O) groups excluding carboxylic acids is 3. The molecule has 3 heterocycles. The van der Waals surface area contributed by atoms with Gasteiger partial charge in [0.15, 0.2) is 17.7 Å². The zero-order chi connectivity index (χ0) is 47.3. The van der Waals surface area contributed by atoms with E-state index in [1.807, 2.05) is 48.5 Å². The molecule has 10 N–H and O–H groups in total. The van der Waals surface area contributed by atoms with Crippen LogP contribution in [0.3, 0.4) is 0 Å². The van der Waals surface area contributed by atoms with Gasteiger partial charge in [-0.05, 0) is 34.0 Å². The Morgan fingerprint density at radius 1 is 0.923 bits per heavy atom. The fourth-order valence-electron chi connectivity index (χ4n) is 6.90. The number of aliphatic hydroxyl groups excluding tert-OH is 2. The number of nitrogens with two attached hydrogens (primary N) is 1. The van der Waals surface area contributed by atoms with Gasteiger partial charge < -0.3 is 55.6 Å². The van der Waals surface area contributed by atoms with Gasteiger partial charge in [0.2, 0.25) is 11.8 Å². The number of rotatable bonds is 21. The first-order valence-corrected chi connectivity index (χ1v) is 24.9. The molecular formula is C36H46N7O18P3S. The number of phosphoric ester groups is 3. The van der Waals surface area contributed by atoms with Gasteiger partial charge in [0.1, 0.15) is 42.9 Å². The number of aliphatic hydroxyl groups is 2. The Bertz CT molecular complexity index is 2480. The zero-order valence-electron chi connectivity index (χ0n) is 34.4. The minimum atomic E-state index is -5.59. The summed E-state index contributed by atoms with van der Waals surface area (Å²) < 4.78 is 68.0. The number of nitrogen functional groups attached to an aromatic ring is 1. The Morgan fingerprint density at radius 2 is 1.57 bits per heavy atom. The molecule has 2 unspecified atom stereocenters. The quantitative estimate of drug-likeness (QED) is 0.0328. The third-order valence-corrected chi connectivity index (χ3v) is 13.9. The molecule has 25 nitrogen and oxygen atoms in total. The van der Waals surface area contributed by atoms with E-state index in [9.17, 15) is 57.9 Å². The van der Waals surface area contributed by atoms with Crippen LogP contribution >= 0.6 is 35.2 Å². The number of fused-ring (bicyclic) bond motifs is 4. The number of hydrogen-bond donors (Lipinski definition) is 9. The smallest absolute Gasteiger partial charge is 0.457 e. The van der Waals surface area contributed by atoms with Crippen LogP contribution in [-0.4, -0.2) is 130 Å². The van der Waals surface area contributed by atoms with Crippen molar-refractivity contribution >= 4 is 69.3 Å². The summed E-state index contributed by atoms with van der Waals surface area (Å²) in [6.07, 6.45) is -7.02. The number of thioether (sulfide) groups is 1. The highest BCUT2D eigenvalue weighted by molar-refractivity contribution is 8.13. The number of benzene rings is 2. The number of hydrogen-bond acceptors (Lipinski definition) is 19. The molecule has 2 aromatic carbocycles. The van der Waals surface area contributed by atoms with Gasteiger partial charge in [0.05, 0.1) is 19.5 Å². The van der Waals surface area contributed by atoms with Crippen LogP contribution in [0.4, 0.5) is 10.6 Å². The molecule has 6 rings (SSSR count). The summed E-state index contributed by atoms with van der Waals surface area (Å²) in [5, 5.41) is 26.0. The Labute approximate surface area is 373 Å². The lowest BCUT2D eigenvalue weighted by molar-refractivity contribution is -0.137. The lowest BCUT2D eigenvalue weighted by Gasteiger charge is -2.30. The summed E-state index contributed by atoms with van der Waals surface area (Å²) in [4.78, 5) is 88.7. The van der Waals surface area contributed by atoms with Gasteiger partial charge >= 0.3 is 28.8 Å². The minimum absolute atomic E-state index is 0.0263. The number of nitrogens with zero attached hydrogens (tertiary/aromatic N) is 4. The topological polar surface area (TPSA) is 373 Å². The molecule has 354 valence electrons. The SMILES string of the molecule is CC(C)(COP(=O)(O)OP(=O)(O)OC[C@H]1O[C@@H](n2cnc3c(N)ncnc32)[C@H](O)[C@@H]1OP(=O)(O)O)[C@@H](O)C(=O)NCCC(=O)NCCSC(=O)OCC1c2ccccc2-c2ccccc21. The number of nitrogens with one attached hydrogen (secondary N) is 2. The Balaban J connectivity index is 0.892. The van der Waals surface area contributed by atoms with Crippen molar-refractivity contribution in [2.24, 2.45) is 5.41 Å². The van der Waals surface area contributed by atoms with E-state index in [2.05, 4.69) is 34.4 Å². The number of imidazole rings is 1. The average molecular weight is 990 g/mol. The maximum absolute atomic E-state index is 12.7. The molecular weight excluding hydrogens is 943 g/mol. The van der Waals surface area contributed by atoms with Gasteiger partial charge in [-0.2, -0.15) is 4.31 Å². The maximum atomic E-state index is 12.7. The Kier molecular flexibility index (Phi) is 16.0. The van der Waals surface area contributed by atoms with Crippen molar-refractivity contribution in [1.29, 1.82) is 0 Å². The second-order valence-corrected chi connectivity index (χ2v) is 20.5. The van der Waals surface area contributed by atoms with Crippen LogP contribution in [-0.2, 0) is 50.6 Å². The van der Waals surface area contributed by atoms with E-state index >= 15 is 0 Å². The molecule has 1 aliphatic carbocycles. The number of aromatic nitrogens is 4. The first kappa shape index (κ1) is 50.2. The molecule has 7 atom stereocenters. The summed E-state index contributed by atoms with van der Waals surface area (Å²) in [5.74, 6) is -1.40. The molecule has 2 aliphatic rings. The molecule has 1 aliphatic heterocycles. The van der Waals surface area contributed by atoms with E-state index < -0.39 is 89.9 Å². The van der Waals surface area contributed by atoms with E-state index in [0.29, 0.717) is 0 Å². The summed E-state index contributed by atoms with van der Waals surface area (Å²) in [7, 11) is -16.5. The summed E-state index contributed by atoms with van der Waals surface area (Å²) in [5.41, 5.74) is 8.60. The highest BCUT2D eigenvalue weighted by Gasteiger charge is 2.50. The van der Waals surface area contributed by atoms with Crippen molar-refractivity contribution in [2.45, 2.75) is 56.8 Å². The summed E-state index contributed by atoms with van der Waals surface area (Å²) in [6, 6.07) is 15.9. The van der Waals surface area contributed by atoms with Crippen LogP contribution in [0, 0.1) is 5.41 Å². The number of ether oxygens (including phenoxy) is 2. The zero-order valence-corrected chi connectivity index (χ0v) is 37.9. The van der Waals surface area contributed by atoms with E-state index in [-0.39, 0.29) is 54.8 Å². The van der Waals surface area contributed by atoms with Crippen molar-refractivity contribution in [3.8, 4) is 11.1 Å². The monoisotopic (exact) mass is 989 g/mol. The highest BCUT2D eigenvalue weighted by Crippen LogP contribution is 2.61. The molecule has 1 saturated heterocycles. The first-order valence-electron chi connectivity index (χ1n) is 19.4. The van der Waals surface area contributed by atoms with Crippen LogP contribution in [0.15, 0.2) is 61.2 Å². The summed E-state index contributed by atoms with van der Waals surface area (Å²) >= 11 is 0.894. The average Bonchev–Trinajstić information content (AvgIpc) is 3.91. The number of anilines is 1. The van der Waals surface area contributed by atoms with Gasteiger partial charge in [-0.3, -0.25) is 27.7 Å². The molecule has 4 aromatic rings. The van der Waals surface area contributed by atoms with Crippen molar-refractivity contribution in [2.75, 3.05) is 44.4 Å². The standard InChI is InChI=1S/C36H46N7O18P3S/c1-36(2,30(46)33(47)39-12-11-26(44)38-13-14-65-35(48)56-15-24-22-9-5-3-7-20(22)21-8-4-6-10-23(21)24)17-58-64(54,55)61-63(52,53)57-16-25-29(60-62(49,50)51)28(45)34(59-25)43-19-42-27-31(37)40-18-41-32(27)43/h3-10,18-19,24-25,28-30,34,45-46H,11-17H2,1-2H3,(H,38,44)(H,39,47)(H,52,53)(H,54,55)(H2,37,40,41)(H2,49,50,51)/t25-,28-,29-,30+,34-/m1/s1. The van der Waals surface area contributed by atoms with Crippen LogP contribution < -0.4 is 16.4 Å². The van der Waals surface area contributed by atoms with Crippen molar-refractivity contribution in [1.82, 2.24) is 30.2 Å². The van der Waals surface area contributed by atoms with E-state index in [1.54, 1.807) is 0 Å². The van der Waals surface area contributed by atoms with E-state index in [1.165, 1.54) is 13.8 Å². The molecule has 0 bridgehead atoms. The van der Waals surface area contributed by atoms with Gasteiger partial charge in [-0.1, -0.05) is 62.4 Å². The molecule has 1 fully saturated rings. The van der Waals surface area contributed by atoms with Crippen molar-refractivity contribution in [3.63, 3.8) is 0 Å². The molecule has 0 radical (unpaired) electrons. The molecule has 65 heavy (non-hydrogen) atoms. The van der Waals surface area contributed by atoms with Gasteiger partial charge in [-0.15, -0.1) is 0 Å². The lowest BCUT2D eigenvalue weighted by Crippen LogP contribution is -2.46. The highest BCUT2D eigenvalue weighted by atomic mass is 32.2. The van der Waals surface area contributed by atoms with Crippen LogP contribution in [0.25, 0.3) is 22.3 Å². The van der Waals surface area contributed by atoms with Crippen molar-refractivity contribution in [3.05, 3.63) is 72.3 Å². The number of carbonyl (C=O) groups is 3. The van der Waals surface area contributed by atoms with Gasteiger partial charge in [0.25, 0.3) is 0 Å². The van der Waals surface area contributed by atoms with E-state index in [4.69, 9.17) is 24.3 Å². The second kappa shape index (κ2) is 20.8. The normalized spacial score (nSPS) is 20.9.